The van der Waals surface area contributed by atoms with E-state index in [-0.39, 0.29) is 57.0 Å². The number of hydrogen-bond donors (Lipinski definition) is 0. The lowest BCUT2D eigenvalue weighted by Gasteiger charge is -2.12. The summed E-state index contributed by atoms with van der Waals surface area (Å²) >= 11 is 0. The van der Waals surface area contributed by atoms with Crippen molar-refractivity contribution in [1.29, 1.82) is 0 Å². The van der Waals surface area contributed by atoms with Crippen LogP contribution >= 0.6 is 0 Å². The first-order valence-electron chi connectivity index (χ1n) is 15.1. The number of aryl methyl sites for hydroxylation is 1. The fourth-order valence-electron chi connectivity index (χ4n) is 3.68. The summed E-state index contributed by atoms with van der Waals surface area (Å²) in [6, 6.07) is 4.30. The minimum atomic E-state index is -1.10. The molecular formula is C32H44N2O10. The number of nitrogens with zero attached hydrogens (tertiary/aromatic N) is 2. The number of carbonyl (C=O) groups is 3. The molecule has 12 heteroatoms. The molecular weight excluding hydrogens is 572 g/mol. The van der Waals surface area contributed by atoms with Crippen LogP contribution in [0.1, 0.15) is 74.7 Å². The molecule has 1 aromatic carbocycles. The highest BCUT2D eigenvalue weighted by Crippen LogP contribution is 2.26. The van der Waals surface area contributed by atoms with E-state index in [0.717, 1.165) is 43.7 Å². The number of aromatic nitrogens is 2. The van der Waals surface area contributed by atoms with Gasteiger partial charge in [-0.15, -0.1) is 0 Å². The molecule has 44 heavy (non-hydrogen) atoms. The fourth-order valence-corrected chi connectivity index (χ4v) is 3.68. The molecule has 0 spiro atoms. The molecule has 0 atom stereocenters. The van der Waals surface area contributed by atoms with Gasteiger partial charge >= 0.3 is 24.1 Å². The normalized spacial score (nSPS) is 10.6. The third kappa shape index (κ3) is 15.4. The molecule has 0 radical (unpaired) electrons. The Morgan fingerprint density at radius 1 is 0.773 bits per heavy atom. The van der Waals surface area contributed by atoms with Gasteiger partial charge in [-0.1, -0.05) is 52.5 Å². The zero-order valence-electron chi connectivity index (χ0n) is 25.8. The Bertz CT molecular complexity index is 1140. The number of rotatable bonds is 23. The molecule has 2 aromatic rings. The Morgan fingerprint density at radius 2 is 1.43 bits per heavy atom. The molecule has 0 unspecified atom stereocenters. The number of unbranched alkanes of at least 4 members (excludes halogenated alkanes) is 5. The number of benzene rings is 1. The highest BCUT2D eigenvalue weighted by atomic mass is 16.7. The molecule has 0 saturated heterocycles. The monoisotopic (exact) mass is 616 g/mol. The van der Waals surface area contributed by atoms with Gasteiger partial charge in [0.15, 0.2) is 0 Å². The largest absolute Gasteiger partial charge is 0.521 e. The standard InChI is InChI=1S/C32H44N2O10/c1-4-7-9-10-11-12-25-23-33-31(34-24-25)44-32(37)43-28-14-13-26(40-15-8-5-2)22-27(28)30(36)42-21-19-39-17-16-38-18-20-41-29(35)6-3/h6,13-14,22-24H,3-5,7-12,15-21H2,1-2H3. The predicted molar refractivity (Wildman–Crippen MR) is 161 cm³/mol. The van der Waals surface area contributed by atoms with Crippen LogP contribution in [0.2, 0.25) is 0 Å². The van der Waals surface area contributed by atoms with Gasteiger partial charge in [-0.3, -0.25) is 0 Å². The van der Waals surface area contributed by atoms with Gasteiger partial charge in [0.1, 0.15) is 30.3 Å². The van der Waals surface area contributed by atoms with E-state index < -0.39 is 18.1 Å². The minimum Gasteiger partial charge on any atom is -0.494 e. The van der Waals surface area contributed by atoms with Crippen molar-refractivity contribution in [2.75, 3.05) is 46.2 Å². The van der Waals surface area contributed by atoms with Crippen LogP contribution in [0.3, 0.4) is 0 Å². The lowest BCUT2D eigenvalue weighted by Crippen LogP contribution is -2.18. The number of carbonyl (C=O) groups excluding carboxylic acids is 3. The summed E-state index contributed by atoms with van der Waals surface area (Å²) in [5.41, 5.74) is 0.932. The molecule has 242 valence electrons. The van der Waals surface area contributed by atoms with Crippen molar-refractivity contribution >= 4 is 18.1 Å². The summed E-state index contributed by atoms with van der Waals surface area (Å²) in [6.45, 7) is 8.88. The SMILES string of the molecule is C=CC(=O)OCCOCCOCCOC(=O)c1cc(OCCCC)ccc1OC(=O)Oc1ncc(CCCCCCC)cn1. The van der Waals surface area contributed by atoms with Gasteiger partial charge in [0.2, 0.25) is 0 Å². The molecule has 2 rings (SSSR count). The summed E-state index contributed by atoms with van der Waals surface area (Å²) in [6.07, 6.45) is 11.6. The highest BCUT2D eigenvalue weighted by Gasteiger charge is 2.20. The van der Waals surface area contributed by atoms with Crippen molar-refractivity contribution < 1.29 is 47.5 Å². The van der Waals surface area contributed by atoms with Crippen LogP contribution in [0.25, 0.3) is 0 Å². The maximum absolute atomic E-state index is 12.9. The maximum atomic E-state index is 12.9. The van der Waals surface area contributed by atoms with Crippen LogP contribution in [-0.2, 0) is 30.2 Å². The Morgan fingerprint density at radius 3 is 2.11 bits per heavy atom. The Hall–Kier alpha value is -4.03. The van der Waals surface area contributed by atoms with Crippen LogP contribution in [-0.4, -0.2) is 74.3 Å². The molecule has 0 aliphatic rings. The zero-order chi connectivity index (χ0) is 31.8. The highest BCUT2D eigenvalue weighted by molar-refractivity contribution is 5.93. The van der Waals surface area contributed by atoms with Crippen LogP contribution in [0.4, 0.5) is 4.79 Å². The average molecular weight is 617 g/mol. The summed E-state index contributed by atoms with van der Waals surface area (Å²) in [4.78, 5) is 44.6. The van der Waals surface area contributed by atoms with Gasteiger partial charge in [-0.25, -0.2) is 24.4 Å². The van der Waals surface area contributed by atoms with E-state index in [2.05, 4.69) is 23.5 Å². The van der Waals surface area contributed by atoms with E-state index in [0.29, 0.717) is 12.4 Å². The second-order valence-electron chi connectivity index (χ2n) is 9.58. The molecule has 12 nitrogen and oxygen atoms in total. The molecule has 0 bridgehead atoms. The minimum absolute atomic E-state index is 0.0207. The zero-order valence-corrected chi connectivity index (χ0v) is 25.8. The third-order valence-corrected chi connectivity index (χ3v) is 6.03. The summed E-state index contributed by atoms with van der Waals surface area (Å²) in [5, 5.41) is 0. The van der Waals surface area contributed by atoms with Gasteiger partial charge in [0.05, 0.1) is 33.0 Å². The van der Waals surface area contributed by atoms with Gasteiger partial charge in [0.25, 0.3) is 0 Å². The second kappa shape index (κ2) is 22.5. The molecule has 1 heterocycles. The fraction of sp³-hybridized carbons (Fsp3) is 0.531. The van der Waals surface area contributed by atoms with Crippen LogP contribution in [0, 0.1) is 0 Å². The third-order valence-electron chi connectivity index (χ3n) is 6.03. The number of ether oxygens (including phenoxy) is 7. The van der Waals surface area contributed by atoms with Crippen molar-refractivity contribution in [3.8, 4) is 17.5 Å². The van der Waals surface area contributed by atoms with Crippen molar-refractivity contribution in [3.05, 3.63) is 54.4 Å². The number of esters is 2. The molecule has 0 aliphatic heterocycles. The lowest BCUT2D eigenvalue weighted by molar-refractivity contribution is -0.139. The molecule has 0 saturated carbocycles. The predicted octanol–water partition coefficient (Wildman–Crippen LogP) is 5.67. The van der Waals surface area contributed by atoms with Gasteiger partial charge in [-0.05, 0) is 43.0 Å². The first-order chi connectivity index (χ1) is 21.5. The van der Waals surface area contributed by atoms with Crippen molar-refractivity contribution in [2.45, 2.75) is 65.2 Å². The Labute approximate surface area is 259 Å². The topological polar surface area (TPSA) is 142 Å². The van der Waals surface area contributed by atoms with E-state index >= 15 is 0 Å². The van der Waals surface area contributed by atoms with Crippen molar-refractivity contribution in [1.82, 2.24) is 9.97 Å². The lowest BCUT2D eigenvalue weighted by atomic mass is 10.1. The van der Waals surface area contributed by atoms with Crippen LogP contribution in [0.5, 0.6) is 17.5 Å². The molecule has 0 amide bonds. The first-order valence-corrected chi connectivity index (χ1v) is 15.1. The summed E-state index contributed by atoms with van der Waals surface area (Å²) in [5.74, 6) is -0.903. The Kier molecular flexibility index (Phi) is 18.5. The van der Waals surface area contributed by atoms with Crippen LogP contribution < -0.4 is 14.2 Å². The maximum Gasteiger partial charge on any atom is 0.521 e. The van der Waals surface area contributed by atoms with E-state index in [1.165, 1.54) is 31.4 Å². The Balaban J connectivity index is 1.85. The molecule has 1 aromatic heterocycles. The van der Waals surface area contributed by atoms with Crippen molar-refractivity contribution in [3.63, 3.8) is 0 Å². The quantitative estimate of drug-likeness (QED) is 0.0657. The van der Waals surface area contributed by atoms with Crippen molar-refractivity contribution in [2.24, 2.45) is 0 Å². The van der Waals surface area contributed by atoms with E-state index in [1.807, 2.05) is 6.92 Å². The molecule has 0 fully saturated rings. The van der Waals surface area contributed by atoms with Gasteiger partial charge in [-0.2, -0.15) is 0 Å². The van der Waals surface area contributed by atoms with Gasteiger partial charge in [0, 0.05) is 18.5 Å². The second-order valence-corrected chi connectivity index (χ2v) is 9.58. The smallest absolute Gasteiger partial charge is 0.494 e. The average Bonchev–Trinajstić information content (AvgIpc) is 3.03. The summed E-state index contributed by atoms with van der Waals surface area (Å²) in [7, 11) is 0. The van der Waals surface area contributed by atoms with E-state index in [4.69, 9.17) is 33.2 Å². The van der Waals surface area contributed by atoms with E-state index in [9.17, 15) is 14.4 Å². The number of hydrogen-bond acceptors (Lipinski definition) is 12. The summed E-state index contributed by atoms with van der Waals surface area (Å²) < 4.78 is 36.9. The van der Waals surface area contributed by atoms with Gasteiger partial charge < -0.3 is 33.2 Å². The van der Waals surface area contributed by atoms with Crippen LogP contribution in [0.15, 0.2) is 43.2 Å². The molecule has 0 aliphatic carbocycles. The first kappa shape index (κ1) is 36.2. The van der Waals surface area contributed by atoms with E-state index in [1.54, 1.807) is 18.5 Å². The molecule has 0 N–H and O–H groups in total.